The van der Waals surface area contributed by atoms with Gasteiger partial charge in [-0.3, -0.25) is 4.79 Å². The van der Waals surface area contributed by atoms with E-state index in [1.54, 1.807) is 17.5 Å². The van der Waals surface area contributed by atoms with Gasteiger partial charge in [-0.1, -0.05) is 11.6 Å². The number of halogens is 1. The molecule has 4 rings (SSSR count). The van der Waals surface area contributed by atoms with E-state index in [2.05, 4.69) is 16.4 Å². The van der Waals surface area contributed by atoms with Crippen LogP contribution in [0.15, 0.2) is 46.3 Å². The Labute approximate surface area is 155 Å². The molecule has 3 aromatic rings. The van der Waals surface area contributed by atoms with Crippen molar-refractivity contribution in [3.05, 3.63) is 63.3 Å². The number of fused-ring (bicyclic) bond motifs is 1. The highest BCUT2D eigenvalue weighted by Crippen LogP contribution is 2.25. The Morgan fingerprint density at radius 2 is 2.12 bits per heavy atom. The summed E-state index contributed by atoms with van der Waals surface area (Å²) in [5, 5.41) is 2.79. The summed E-state index contributed by atoms with van der Waals surface area (Å²) in [4.78, 5) is 20.1. The number of hydrogen-bond acceptors (Lipinski definition) is 4. The standard InChI is InChI=1S/C19H17ClN2O2S/c20-15-3-1-13(2-4-15)16-11-21-18(24-16)5-6-19(23)22-9-7-17-14(12-22)8-10-25-17/h1-4,8,10-11H,5-7,9,12H2. The highest BCUT2D eigenvalue weighted by molar-refractivity contribution is 7.10. The first-order valence-electron chi connectivity index (χ1n) is 8.23. The van der Waals surface area contributed by atoms with Crippen molar-refractivity contribution < 1.29 is 9.21 Å². The van der Waals surface area contributed by atoms with Gasteiger partial charge >= 0.3 is 0 Å². The Morgan fingerprint density at radius 3 is 2.96 bits per heavy atom. The molecule has 128 valence electrons. The molecule has 2 aromatic heterocycles. The van der Waals surface area contributed by atoms with Gasteiger partial charge in [-0.05, 0) is 47.7 Å². The molecule has 3 heterocycles. The highest BCUT2D eigenvalue weighted by Gasteiger charge is 2.21. The van der Waals surface area contributed by atoms with E-state index in [9.17, 15) is 4.79 Å². The van der Waals surface area contributed by atoms with Gasteiger partial charge in [-0.25, -0.2) is 4.98 Å². The van der Waals surface area contributed by atoms with Crippen LogP contribution in [0, 0.1) is 0 Å². The van der Waals surface area contributed by atoms with E-state index in [-0.39, 0.29) is 5.91 Å². The Kier molecular flexibility index (Phi) is 4.59. The lowest BCUT2D eigenvalue weighted by molar-refractivity contribution is -0.132. The summed E-state index contributed by atoms with van der Waals surface area (Å²) in [5.41, 5.74) is 2.21. The quantitative estimate of drug-likeness (QED) is 0.673. The second-order valence-electron chi connectivity index (χ2n) is 6.06. The van der Waals surface area contributed by atoms with E-state index in [1.807, 2.05) is 29.2 Å². The molecule has 0 radical (unpaired) electrons. The lowest BCUT2D eigenvalue weighted by atomic mass is 10.1. The maximum Gasteiger partial charge on any atom is 0.223 e. The minimum atomic E-state index is 0.156. The molecule has 1 aliphatic rings. The second kappa shape index (κ2) is 7.02. The number of aromatic nitrogens is 1. The predicted octanol–water partition coefficient (Wildman–Crippen LogP) is 4.57. The zero-order valence-electron chi connectivity index (χ0n) is 13.6. The summed E-state index contributed by atoms with van der Waals surface area (Å²) in [7, 11) is 0. The van der Waals surface area contributed by atoms with Crippen molar-refractivity contribution in [2.45, 2.75) is 25.8 Å². The van der Waals surface area contributed by atoms with Crippen LogP contribution in [0.1, 0.15) is 22.8 Å². The molecule has 1 amide bonds. The molecule has 0 saturated carbocycles. The predicted molar refractivity (Wildman–Crippen MR) is 98.7 cm³/mol. The SMILES string of the molecule is O=C(CCc1ncc(-c2ccc(Cl)cc2)o1)N1CCc2sccc2C1. The zero-order valence-corrected chi connectivity index (χ0v) is 15.1. The van der Waals surface area contributed by atoms with Crippen molar-refractivity contribution >= 4 is 28.8 Å². The van der Waals surface area contributed by atoms with Crippen LogP contribution in [0.4, 0.5) is 0 Å². The Bertz CT molecular complexity index is 885. The number of nitrogens with zero attached hydrogens (tertiary/aromatic N) is 2. The molecule has 0 atom stereocenters. The van der Waals surface area contributed by atoms with Crippen molar-refractivity contribution in [2.24, 2.45) is 0 Å². The topological polar surface area (TPSA) is 46.3 Å². The molecule has 0 spiro atoms. The third-order valence-electron chi connectivity index (χ3n) is 4.40. The molecular weight excluding hydrogens is 356 g/mol. The maximum absolute atomic E-state index is 12.5. The molecule has 0 N–H and O–H groups in total. The fourth-order valence-corrected chi connectivity index (χ4v) is 4.02. The van der Waals surface area contributed by atoms with Gasteiger partial charge in [-0.2, -0.15) is 0 Å². The van der Waals surface area contributed by atoms with Crippen LogP contribution in [-0.2, 0) is 24.2 Å². The van der Waals surface area contributed by atoms with Crippen molar-refractivity contribution in [3.8, 4) is 11.3 Å². The van der Waals surface area contributed by atoms with Gasteiger partial charge < -0.3 is 9.32 Å². The smallest absolute Gasteiger partial charge is 0.223 e. The van der Waals surface area contributed by atoms with E-state index in [1.165, 1.54) is 10.4 Å². The van der Waals surface area contributed by atoms with Crippen LogP contribution in [0.5, 0.6) is 0 Å². The molecule has 0 unspecified atom stereocenters. The largest absolute Gasteiger partial charge is 0.441 e. The summed E-state index contributed by atoms with van der Waals surface area (Å²) in [6.45, 7) is 1.52. The van der Waals surface area contributed by atoms with Gasteiger partial charge in [0, 0.05) is 41.4 Å². The highest BCUT2D eigenvalue weighted by atomic mass is 35.5. The van der Waals surface area contributed by atoms with Crippen LogP contribution in [0.2, 0.25) is 5.02 Å². The maximum atomic E-state index is 12.5. The monoisotopic (exact) mass is 372 g/mol. The van der Waals surface area contributed by atoms with Crippen LogP contribution >= 0.6 is 22.9 Å². The van der Waals surface area contributed by atoms with Gasteiger partial charge in [0.25, 0.3) is 0 Å². The molecular formula is C19H17ClN2O2S. The normalized spacial score (nSPS) is 13.7. The molecule has 1 aliphatic heterocycles. The number of oxazole rings is 1. The molecule has 4 nitrogen and oxygen atoms in total. The van der Waals surface area contributed by atoms with E-state index < -0.39 is 0 Å². The van der Waals surface area contributed by atoms with Gasteiger partial charge in [0.2, 0.25) is 5.91 Å². The Morgan fingerprint density at radius 1 is 1.28 bits per heavy atom. The molecule has 0 bridgehead atoms. The lowest BCUT2D eigenvalue weighted by Crippen LogP contribution is -2.35. The van der Waals surface area contributed by atoms with Crippen molar-refractivity contribution in [2.75, 3.05) is 6.54 Å². The fraction of sp³-hybridized carbons (Fsp3) is 0.263. The van der Waals surface area contributed by atoms with Crippen LogP contribution in [-0.4, -0.2) is 22.3 Å². The lowest BCUT2D eigenvalue weighted by Gasteiger charge is -2.26. The third-order valence-corrected chi connectivity index (χ3v) is 5.67. The fourth-order valence-electron chi connectivity index (χ4n) is 3.01. The van der Waals surface area contributed by atoms with Gasteiger partial charge in [0.1, 0.15) is 0 Å². The van der Waals surface area contributed by atoms with E-state index in [4.69, 9.17) is 16.0 Å². The summed E-state index contributed by atoms with van der Waals surface area (Å²) >= 11 is 7.68. The van der Waals surface area contributed by atoms with Crippen LogP contribution < -0.4 is 0 Å². The van der Waals surface area contributed by atoms with Crippen LogP contribution in [0.25, 0.3) is 11.3 Å². The minimum absolute atomic E-state index is 0.156. The first-order chi connectivity index (χ1) is 12.2. The molecule has 0 saturated heterocycles. The van der Waals surface area contributed by atoms with Crippen LogP contribution in [0.3, 0.4) is 0 Å². The molecule has 0 fully saturated rings. The number of rotatable bonds is 4. The number of amides is 1. The number of carbonyl (C=O) groups is 1. The number of carbonyl (C=O) groups excluding carboxylic acids is 1. The van der Waals surface area contributed by atoms with E-state index in [0.717, 1.165) is 25.1 Å². The van der Waals surface area contributed by atoms with Crippen molar-refractivity contribution in [1.82, 2.24) is 9.88 Å². The second-order valence-corrected chi connectivity index (χ2v) is 7.50. The van der Waals surface area contributed by atoms with Gasteiger partial charge in [0.05, 0.1) is 6.20 Å². The average Bonchev–Trinajstić information content (AvgIpc) is 3.29. The number of aryl methyl sites for hydroxylation is 1. The van der Waals surface area contributed by atoms with Crippen molar-refractivity contribution in [3.63, 3.8) is 0 Å². The summed E-state index contributed by atoms with van der Waals surface area (Å²) in [6.07, 6.45) is 3.58. The Balaban J connectivity index is 1.36. The molecule has 25 heavy (non-hydrogen) atoms. The van der Waals surface area contributed by atoms with Crippen molar-refractivity contribution in [1.29, 1.82) is 0 Å². The Hall–Kier alpha value is -2.11. The molecule has 0 aliphatic carbocycles. The zero-order chi connectivity index (χ0) is 17.2. The number of thiophene rings is 1. The molecule has 1 aromatic carbocycles. The van der Waals surface area contributed by atoms with E-state index >= 15 is 0 Å². The number of hydrogen-bond donors (Lipinski definition) is 0. The van der Waals surface area contributed by atoms with Gasteiger partial charge in [0.15, 0.2) is 11.7 Å². The summed E-state index contributed by atoms with van der Waals surface area (Å²) in [5.74, 6) is 1.44. The van der Waals surface area contributed by atoms with E-state index in [0.29, 0.717) is 29.5 Å². The number of benzene rings is 1. The molecule has 6 heteroatoms. The average molecular weight is 373 g/mol. The third kappa shape index (κ3) is 3.62. The first kappa shape index (κ1) is 16.4. The summed E-state index contributed by atoms with van der Waals surface area (Å²) in [6, 6.07) is 9.54. The van der Waals surface area contributed by atoms with Gasteiger partial charge in [-0.15, -0.1) is 11.3 Å². The summed E-state index contributed by atoms with van der Waals surface area (Å²) < 4.78 is 5.77. The first-order valence-corrected chi connectivity index (χ1v) is 9.48. The minimum Gasteiger partial charge on any atom is -0.441 e.